The Morgan fingerprint density at radius 3 is 2.33 bits per heavy atom. The lowest BCUT2D eigenvalue weighted by Gasteiger charge is -2.14. The fourth-order valence-electron chi connectivity index (χ4n) is 2.51. The van der Waals surface area contributed by atoms with Crippen LogP contribution >= 0.6 is 0 Å². The zero-order valence-corrected chi connectivity index (χ0v) is 18.4. The summed E-state index contributed by atoms with van der Waals surface area (Å²) in [5, 5.41) is 5.85. The van der Waals surface area contributed by atoms with Crippen LogP contribution in [0.2, 0.25) is 6.04 Å². The van der Waals surface area contributed by atoms with E-state index in [9.17, 15) is 24.0 Å². The Bertz CT molecular complexity index is 556. The molecule has 11 nitrogen and oxygen atoms in total. The molecule has 1 aliphatic heterocycles. The van der Waals surface area contributed by atoms with Gasteiger partial charge in [0.15, 0.2) is 0 Å². The Morgan fingerprint density at radius 2 is 1.67 bits per heavy atom. The molecule has 0 unspecified atom stereocenters. The number of imide groups is 1. The summed E-state index contributed by atoms with van der Waals surface area (Å²) in [6.45, 7) is 3.68. The number of ether oxygens (including phenoxy) is 2. The molecule has 0 aromatic carbocycles. The van der Waals surface area contributed by atoms with Crippen LogP contribution in [-0.4, -0.2) is 101 Å². The number of carbonyl (C=O) groups excluding carboxylic acids is 3. The number of carbonyl (C=O) groups is 3. The molecular formula is C18H33N3O8Si. The molecule has 0 aromatic rings. The molecule has 1 heterocycles. The third kappa shape index (κ3) is 12.1. The summed E-state index contributed by atoms with van der Waals surface area (Å²) in [4.78, 5) is 54.3. The third-order valence-corrected chi connectivity index (χ3v) is 5.89. The van der Waals surface area contributed by atoms with Gasteiger partial charge in [-0.15, -0.1) is 0 Å². The van der Waals surface area contributed by atoms with Gasteiger partial charge in [-0.05, 0) is 19.4 Å². The minimum Gasteiger partial charge on any atom is -0.390 e. The second kappa shape index (κ2) is 15.2. The highest BCUT2D eigenvalue weighted by Crippen LogP contribution is 2.05. The quantitative estimate of drug-likeness (QED) is 0.111. The first-order valence-corrected chi connectivity index (χ1v) is 12.0. The predicted octanol–water partition coefficient (Wildman–Crippen LogP) is -1.61. The summed E-state index contributed by atoms with van der Waals surface area (Å²) >= 11 is 0. The van der Waals surface area contributed by atoms with Crippen molar-refractivity contribution in [3.05, 3.63) is 12.2 Å². The van der Waals surface area contributed by atoms with E-state index in [1.807, 2.05) is 0 Å². The number of amides is 3. The van der Waals surface area contributed by atoms with E-state index >= 15 is 0 Å². The van der Waals surface area contributed by atoms with E-state index in [2.05, 4.69) is 15.1 Å². The van der Waals surface area contributed by atoms with Crippen molar-refractivity contribution < 1.29 is 37.9 Å². The Hall–Kier alpha value is -1.67. The SMILES string of the molecule is CO[Si](O)(O)CCCNC(=O)CCOCCOCCNCCCN1C(=O)C=CC1=O. The van der Waals surface area contributed by atoms with Crippen molar-refractivity contribution in [2.24, 2.45) is 0 Å². The highest BCUT2D eigenvalue weighted by atomic mass is 28.4. The van der Waals surface area contributed by atoms with Gasteiger partial charge in [-0.1, -0.05) is 0 Å². The van der Waals surface area contributed by atoms with Gasteiger partial charge in [0.1, 0.15) is 0 Å². The summed E-state index contributed by atoms with van der Waals surface area (Å²) in [5.41, 5.74) is 0. The third-order valence-electron chi connectivity index (χ3n) is 4.23. The monoisotopic (exact) mass is 447 g/mol. The van der Waals surface area contributed by atoms with Crippen LogP contribution in [-0.2, 0) is 28.3 Å². The normalized spacial score (nSPS) is 14.0. The van der Waals surface area contributed by atoms with E-state index in [1.54, 1.807) is 0 Å². The number of nitrogens with one attached hydrogen (secondary N) is 2. The smallest absolute Gasteiger partial charge is 0.390 e. The topological polar surface area (TPSA) is 147 Å². The minimum absolute atomic E-state index is 0.141. The van der Waals surface area contributed by atoms with Crippen LogP contribution in [0.4, 0.5) is 0 Å². The summed E-state index contributed by atoms with van der Waals surface area (Å²) in [6, 6.07) is 0.141. The van der Waals surface area contributed by atoms with E-state index in [0.29, 0.717) is 58.8 Å². The van der Waals surface area contributed by atoms with Crippen molar-refractivity contribution >= 4 is 26.5 Å². The number of hydrogen-bond donors (Lipinski definition) is 4. The van der Waals surface area contributed by atoms with Crippen molar-refractivity contribution in [1.82, 2.24) is 15.5 Å². The number of hydrogen-bond acceptors (Lipinski definition) is 9. The van der Waals surface area contributed by atoms with Gasteiger partial charge in [0.25, 0.3) is 11.8 Å². The molecule has 30 heavy (non-hydrogen) atoms. The number of nitrogens with zero attached hydrogens (tertiary/aromatic N) is 1. The molecular weight excluding hydrogens is 414 g/mol. The standard InChI is InChI=1S/C18H33N3O8Si/c1-27-30(25,26)15-3-8-20-16(22)6-11-28-13-14-29-12-9-19-7-2-10-21-17(23)4-5-18(21)24/h4-5,19,25-26H,2-3,6-15H2,1H3,(H,20,22). The van der Waals surface area contributed by atoms with Crippen LogP contribution in [0.3, 0.4) is 0 Å². The lowest BCUT2D eigenvalue weighted by atomic mass is 10.4. The van der Waals surface area contributed by atoms with E-state index in [0.717, 1.165) is 0 Å². The highest BCUT2D eigenvalue weighted by molar-refractivity contribution is 6.57. The van der Waals surface area contributed by atoms with Crippen LogP contribution in [0.15, 0.2) is 12.2 Å². The van der Waals surface area contributed by atoms with Gasteiger partial charge in [0.2, 0.25) is 5.91 Å². The van der Waals surface area contributed by atoms with E-state index < -0.39 is 8.80 Å². The van der Waals surface area contributed by atoms with Crippen LogP contribution in [0.5, 0.6) is 0 Å². The zero-order valence-electron chi connectivity index (χ0n) is 17.4. The summed E-state index contributed by atoms with van der Waals surface area (Å²) in [7, 11) is -2.28. The van der Waals surface area contributed by atoms with Gasteiger partial charge in [-0.2, -0.15) is 0 Å². The van der Waals surface area contributed by atoms with Crippen LogP contribution < -0.4 is 10.6 Å². The van der Waals surface area contributed by atoms with Crippen molar-refractivity contribution in [3.63, 3.8) is 0 Å². The molecule has 0 radical (unpaired) electrons. The average molecular weight is 448 g/mol. The zero-order chi connectivity index (χ0) is 22.2. The van der Waals surface area contributed by atoms with Crippen LogP contribution in [0.1, 0.15) is 19.3 Å². The van der Waals surface area contributed by atoms with E-state index in [-0.39, 0.29) is 36.8 Å². The fraction of sp³-hybridized carbons (Fsp3) is 0.722. The molecule has 0 atom stereocenters. The average Bonchev–Trinajstić information content (AvgIpc) is 3.04. The van der Waals surface area contributed by atoms with Gasteiger partial charge < -0.3 is 34.1 Å². The second-order valence-electron chi connectivity index (χ2n) is 6.64. The molecule has 0 saturated carbocycles. The molecule has 1 rings (SSSR count). The molecule has 0 aliphatic carbocycles. The van der Waals surface area contributed by atoms with Gasteiger partial charge >= 0.3 is 8.80 Å². The van der Waals surface area contributed by atoms with Crippen molar-refractivity contribution in [1.29, 1.82) is 0 Å². The van der Waals surface area contributed by atoms with Crippen molar-refractivity contribution in [3.8, 4) is 0 Å². The maximum Gasteiger partial charge on any atom is 0.495 e. The minimum atomic E-state index is -3.54. The van der Waals surface area contributed by atoms with Crippen LogP contribution in [0, 0.1) is 0 Å². The molecule has 4 N–H and O–H groups in total. The molecule has 12 heteroatoms. The summed E-state index contributed by atoms with van der Waals surface area (Å²) in [6.07, 6.45) is 3.90. The summed E-state index contributed by atoms with van der Waals surface area (Å²) in [5.74, 6) is -0.679. The van der Waals surface area contributed by atoms with Gasteiger partial charge in [0.05, 0.1) is 26.4 Å². The summed E-state index contributed by atoms with van der Waals surface area (Å²) < 4.78 is 15.3. The largest absolute Gasteiger partial charge is 0.495 e. The molecule has 3 amide bonds. The number of rotatable bonds is 18. The lowest BCUT2D eigenvalue weighted by molar-refractivity contribution is -0.136. The Kier molecular flexibility index (Phi) is 13.3. The molecule has 1 aliphatic rings. The van der Waals surface area contributed by atoms with Gasteiger partial charge in [0, 0.05) is 51.4 Å². The maximum atomic E-state index is 11.6. The Balaban J connectivity index is 1.81. The maximum absolute atomic E-state index is 11.6. The Morgan fingerprint density at radius 1 is 1.00 bits per heavy atom. The molecule has 0 saturated heterocycles. The first kappa shape index (κ1) is 26.4. The molecule has 0 fully saturated rings. The lowest BCUT2D eigenvalue weighted by Crippen LogP contribution is -2.38. The van der Waals surface area contributed by atoms with Gasteiger partial charge in [-0.25, -0.2) is 0 Å². The van der Waals surface area contributed by atoms with Crippen molar-refractivity contribution in [2.45, 2.75) is 25.3 Å². The van der Waals surface area contributed by atoms with Crippen molar-refractivity contribution in [2.75, 3.05) is 59.7 Å². The molecule has 0 bridgehead atoms. The Labute approximate surface area is 177 Å². The van der Waals surface area contributed by atoms with Gasteiger partial charge in [-0.3, -0.25) is 19.3 Å². The van der Waals surface area contributed by atoms with E-state index in [1.165, 1.54) is 24.2 Å². The fourth-order valence-corrected chi connectivity index (χ4v) is 3.35. The van der Waals surface area contributed by atoms with Crippen LogP contribution in [0.25, 0.3) is 0 Å². The molecule has 0 aromatic heterocycles. The second-order valence-corrected chi connectivity index (χ2v) is 9.04. The first-order chi connectivity index (χ1) is 14.4. The molecule has 172 valence electrons. The van der Waals surface area contributed by atoms with E-state index in [4.69, 9.17) is 9.47 Å². The predicted molar refractivity (Wildman–Crippen MR) is 109 cm³/mol. The molecule has 0 spiro atoms. The highest BCUT2D eigenvalue weighted by Gasteiger charge is 2.29. The first-order valence-electron chi connectivity index (χ1n) is 10.0.